The van der Waals surface area contributed by atoms with E-state index in [2.05, 4.69) is 46.2 Å². The van der Waals surface area contributed by atoms with Gasteiger partial charge in [0.1, 0.15) is 24.8 Å². The first-order chi connectivity index (χ1) is 13.6. The van der Waals surface area contributed by atoms with Crippen molar-refractivity contribution in [1.29, 1.82) is 0 Å². The molecule has 0 radical (unpaired) electrons. The standard InChI is InChI=1S/C19H20BrN7O/c1-13-8-15(20)2-3-16(13)25-19(28)14-4-6-26(7-5-14)17-9-18(23-11-22-17)27-12-21-10-24-27/h2-3,8-12,14H,4-7H2,1H3,(H,25,28). The molecule has 28 heavy (non-hydrogen) atoms. The van der Waals surface area contributed by atoms with Crippen molar-refractivity contribution >= 4 is 33.3 Å². The fourth-order valence-corrected chi connectivity index (χ4v) is 3.81. The van der Waals surface area contributed by atoms with Crippen molar-refractivity contribution in [2.45, 2.75) is 19.8 Å². The lowest BCUT2D eigenvalue weighted by Crippen LogP contribution is -2.38. The second kappa shape index (κ2) is 8.05. The Hall–Kier alpha value is -2.81. The molecule has 1 aromatic carbocycles. The zero-order valence-electron chi connectivity index (χ0n) is 15.4. The maximum Gasteiger partial charge on any atom is 0.227 e. The summed E-state index contributed by atoms with van der Waals surface area (Å²) in [5, 5.41) is 7.17. The Morgan fingerprint density at radius 2 is 1.93 bits per heavy atom. The third-order valence-corrected chi connectivity index (χ3v) is 5.42. The van der Waals surface area contributed by atoms with Crippen LogP contribution >= 0.6 is 15.9 Å². The summed E-state index contributed by atoms with van der Waals surface area (Å²) in [4.78, 5) is 27.4. The summed E-state index contributed by atoms with van der Waals surface area (Å²) in [6.45, 7) is 3.53. The number of aromatic nitrogens is 5. The number of carbonyl (C=O) groups is 1. The van der Waals surface area contributed by atoms with E-state index < -0.39 is 0 Å². The third kappa shape index (κ3) is 4.04. The number of hydrogen-bond acceptors (Lipinski definition) is 6. The van der Waals surface area contributed by atoms with Crippen LogP contribution in [0.25, 0.3) is 5.82 Å². The molecule has 0 unspecified atom stereocenters. The fourth-order valence-electron chi connectivity index (χ4n) is 3.33. The first-order valence-electron chi connectivity index (χ1n) is 9.09. The number of hydrogen-bond donors (Lipinski definition) is 1. The normalized spacial score (nSPS) is 14.9. The Kier molecular flexibility index (Phi) is 5.34. The van der Waals surface area contributed by atoms with E-state index in [9.17, 15) is 4.79 Å². The molecule has 8 nitrogen and oxygen atoms in total. The van der Waals surface area contributed by atoms with Gasteiger partial charge in [-0.25, -0.2) is 19.6 Å². The van der Waals surface area contributed by atoms with Crippen LogP contribution in [-0.4, -0.2) is 43.7 Å². The Morgan fingerprint density at radius 3 is 2.64 bits per heavy atom. The highest BCUT2D eigenvalue weighted by atomic mass is 79.9. The molecular weight excluding hydrogens is 422 g/mol. The van der Waals surface area contributed by atoms with E-state index in [1.165, 1.54) is 12.7 Å². The molecule has 0 spiro atoms. The highest BCUT2D eigenvalue weighted by Gasteiger charge is 2.26. The van der Waals surface area contributed by atoms with Gasteiger partial charge in [-0.15, -0.1) is 0 Å². The lowest BCUT2D eigenvalue weighted by atomic mass is 9.95. The predicted molar refractivity (Wildman–Crippen MR) is 109 cm³/mol. The van der Waals surface area contributed by atoms with Crippen molar-refractivity contribution in [2.75, 3.05) is 23.3 Å². The van der Waals surface area contributed by atoms with Crippen LogP contribution in [0.2, 0.25) is 0 Å². The number of halogens is 1. The average Bonchev–Trinajstić information content (AvgIpc) is 3.25. The van der Waals surface area contributed by atoms with Crippen LogP contribution in [0.15, 0.2) is 47.7 Å². The van der Waals surface area contributed by atoms with E-state index in [0.717, 1.165) is 47.5 Å². The molecule has 0 atom stereocenters. The van der Waals surface area contributed by atoms with Gasteiger partial charge in [-0.2, -0.15) is 5.10 Å². The summed E-state index contributed by atoms with van der Waals surface area (Å²) in [7, 11) is 0. The van der Waals surface area contributed by atoms with E-state index >= 15 is 0 Å². The minimum absolute atomic E-state index is 0.00378. The molecule has 1 amide bonds. The fraction of sp³-hybridized carbons (Fsp3) is 0.316. The molecular formula is C19H20BrN7O. The second-order valence-corrected chi connectivity index (χ2v) is 7.70. The molecule has 0 aliphatic carbocycles. The molecule has 9 heteroatoms. The lowest BCUT2D eigenvalue weighted by Gasteiger charge is -2.32. The molecule has 2 aromatic heterocycles. The summed E-state index contributed by atoms with van der Waals surface area (Å²) in [5.74, 6) is 1.59. The number of aryl methyl sites for hydroxylation is 1. The van der Waals surface area contributed by atoms with Gasteiger partial charge in [-0.1, -0.05) is 15.9 Å². The van der Waals surface area contributed by atoms with Gasteiger partial charge in [0.2, 0.25) is 5.91 Å². The van der Waals surface area contributed by atoms with Gasteiger partial charge in [0.15, 0.2) is 5.82 Å². The van der Waals surface area contributed by atoms with Gasteiger partial charge in [0, 0.05) is 35.2 Å². The highest BCUT2D eigenvalue weighted by molar-refractivity contribution is 9.10. The largest absolute Gasteiger partial charge is 0.356 e. The molecule has 3 aromatic rings. The van der Waals surface area contributed by atoms with E-state index in [4.69, 9.17) is 0 Å². The van der Waals surface area contributed by atoms with Crippen molar-refractivity contribution in [1.82, 2.24) is 24.7 Å². The van der Waals surface area contributed by atoms with Crippen molar-refractivity contribution in [3.8, 4) is 5.82 Å². The molecule has 1 saturated heterocycles. The number of nitrogens with zero attached hydrogens (tertiary/aromatic N) is 6. The number of rotatable bonds is 4. The Bertz CT molecular complexity index is 968. The summed E-state index contributed by atoms with van der Waals surface area (Å²) in [6, 6.07) is 7.76. The van der Waals surface area contributed by atoms with Crippen LogP contribution in [0, 0.1) is 12.8 Å². The zero-order valence-corrected chi connectivity index (χ0v) is 17.0. The van der Waals surface area contributed by atoms with Gasteiger partial charge in [-0.3, -0.25) is 4.79 Å². The lowest BCUT2D eigenvalue weighted by molar-refractivity contribution is -0.120. The smallest absolute Gasteiger partial charge is 0.227 e. The number of nitrogens with one attached hydrogen (secondary N) is 1. The number of anilines is 2. The minimum Gasteiger partial charge on any atom is -0.356 e. The van der Waals surface area contributed by atoms with Crippen LogP contribution in [0.4, 0.5) is 11.5 Å². The Morgan fingerprint density at radius 1 is 1.14 bits per heavy atom. The van der Waals surface area contributed by atoms with Gasteiger partial charge in [0.25, 0.3) is 0 Å². The molecule has 3 heterocycles. The first kappa shape index (κ1) is 18.5. The van der Waals surface area contributed by atoms with Crippen LogP contribution in [-0.2, 0) is 4.79 Å². The Labute approximate surface area is 171 Å². The number of carbonyl (C=O) groups excluding carboxylic acids is 1. The molecule has 1 aliphatic rings. The van der Waals surface area contributed by atoms with Gasteiger partial charge < -0.3 is 10.2 Å². The number of amides is 1. The topological polar surface area (TPSA) is 88.8 Å². The summed E-state index contributed by atoms with van der Waals surface area (Å²) < 4.78 is 2.61. The van der Waals surface area contributed by atoms with E-state index in [0.29, 0.717) is 5.82 Å². The van der Waals surface area contributed by atoms with Crippen LogP contribution in [0.1, 0.15) is 18.4 Å². The molecule has 0 saturated carbocycles. The van der Waals surface area contributed by atoms with Crippen molar-refractivity contribution in [2.24, 2.45) is 5.92 Å². The maximum atomic E-state index is 12.7. The van der Waals surface area contributed by atoms with Crippen molar-refractivity contribution in [3.05, 3.63) is 53.3 Å². The Balaban J connectivity index is 1.38. The molecule has 144 valence electrons. The molecule has 1 aliphatic heterocycles. The summed E-state index contributed by atoms with van der Waals surface area (Å²) in [6.07, 6.45) is 6.17. The van der Waals surface area contributed by atoms with Gasteiger partial charge >= 0.3 is 0 Å². The monoisotopic (exact) mass is 441 g/mol. The minimum atomic E-state index is -0.00378. The van der Waals surface area contributed by atoms with Gasteiger partial charge in [0.05, 0.1) is 0 Å². The van der Waals surface area contributed by atoms with E-state index in [1.54, 1.807) is 11.0 Å². The molecule has 4 rings (SSSR count). The van der Waals surface area contributed by atoms with E-state index in [-0.39, 0.29) is 11.8 Å². The third-order valence-electron chi connectivity index (χ3n) is 4.93. The molecule has 0 bridgehead atoms. The maximum absolute atomic E-state index is 12.7. The summed E-state index contributed by atoms with van der Waals surface area (Å²) in [5.41, 5.74) is 1.91. The predicted octanol–water partition coefficient (Wildman–Crippen LogP) is 2.98. The summed E-state index contributed by atoms with van der Waals surface area (Å²) >= 11 is 3.45. The number of piperidine rings is 1. The zero-order chi connectivity index (χ0) is 19.5. The van der Waals surface area contributed by atoms with Gasteiger partial charge in [-0.05, 0) is 43.5 Å². The average molecular weight is 442 g/mol. The first-order valence-corrected chi connectivity index (χ1v) is 9.88. The van der Waals surface area contributed by atoms with Crippen molar-refractivity contribution in [3.63, 3.8) is 0 Å². The van der Waals surface area contributed by atoms with Crippen LogP contribution in [0.3, 0.4) is 0 Å². The molecule has 1 N–H and O–H groups in total. The number of benzene rings is 1. The SMILES string of the molecule is Cc1cc(Br)ccc1NC(=O)C1CCN(c2cc(-n3cncn3)ncn2)CC1. The van der Waals surface area contributed by atoms with E-state index in [1.807, 2.05) is 31.2 Å². The second-order valence-electron chi connectivity index (χ2n) is 6.78. The highest BCUT2D eigenvalue weighted by Crippen LogP contribution is 2.25. The van der Waals surface area contributed by atoms with Crippen LogP contribution < -0.4 is 10.2 Å². The van der Waals surface area contributed by atoms with Crippen molar-refractivity contribution < 1.29 is 4.79 Å². The quantitative estimate of drug-likeness (QED) is 0.669. The van der Waals surface area contributed by atoms with Crippen LogP contribution in [0.5, 0.6) is 0 Å². The molecule has 1 fully saturated rings.